The van der Waals surface area contributed by atoms with Gasteiger partial charge in [0.05, 0.1) is 11.5 Å². The molecule has 0 fully saturated rings. The number of hydrogen-bond acceptors (Lipinski definition) is 5. The van der Waals surface area contributed by atoms with E-state index in [1.165, 1.54) is 12.1 Å². The van der Waals surface area contributed by atoms with Gasteiger partial charge in [-0.1, -0.05) is 6.07 Å². The smallest absolute Gasteiger partial charge is 0.271 e. The molecule has 0 aromatic heterocycles. The van der Waals surface area contributed by atoms with Gasteiger partial charge in [-0.2, -0.15) is 0 Å². The van der Waals surface area contributed by atoms with Crippen molar-refractivity contribution < 1.29 is 14.4 Å². The van der Waals surface area contributed by atoms with Gasteiger partial charge in [0.2, 0.25) is 0 Å². The number of nitro benzene ring substituents is 1. The van der Waals surface area contributed by atoms with Crippen LogP contribution in [0, 0.1) is 15.5 Å². The molecule has 0 atom stereocenters. The quantitative estimate of drug-likeness (QED) is 0.222. The Kier molecular flexibility index (Phi) is 7.13. The van der Waals surface area contributed by atoms with Gasteiger partial charge >= 0.3 is 0 Å². The average Bonchev–Trinajstić information content (AvgIpc) is 2.45. The lowest BCUT2D eigenvalue weighted by Gasteiger charge is -2.18. The van der Waals surface area contributed by atoms with Crippen molar-refractivity contribution in [3.63, 3.8) is 0 Å². The van der Waals surface area contributed by atoms with Crippen molar-refractivity contribution in [2.45, 2.75) is 20.1 Å². The Labute approximate surface area is 123 Å². The van der Waals surface area contributed by atoms with E-state index in [9.17, 15) is 10.1 Å². The largest absolute Gasteiger partial charge is 0.351 e. The van der Waals surface area contributed by atoms with Crippen molar-refractivity contribution in [1.82, 2.24) is 5.32 Å². The molecule has 1 rings (SSSR count). The number of non-ortho nitro benzene ring substituents is 1. The molecule has 0 aliphatic rings. The molecule has 0 bridgehead atoms. The summed E-state index contributed by atoms with van der Waals surface area (Å²) in [6.07, 6.45) is -0.438. The second kappa shape index (κ2) is 8.88. The number of nitrogens with one attached hydrogen (secondary N) is 3. The van der Waals surface area contributed by atoms with E-state index >= 15 is 0 Å². The fraction of sp³-hybridized carbons (Fsp3) is 0.462. The topological polar surface area (TPSA) is 110 Å². The Hall–Kier alpha value is -2.19. The van der Waals surface area contributed by atoms with Gasteiger partial charge in [0.25, 0.3) is 5.69 Å². The van der Waals surface area contributed by atoms with Gasteiger partial charge in [0.15, 0.2) is 12.2 Å². The van der Waals surface area contributed by atoms with Crippen LogP contribution >= 0.6 is 0 Å². The van der Waals surface area contributed by atoms with Gasteiger partial charge in [0.1, 0.15) is 0 Å². The first-order valence-corrected chi connectivity index (χ1v) is 6.63. The van der Waals surface area contributed by atoms with Gasteiger partial charge in [-0.3, -0.25) is 15.5 Å². The SMILES string of the molecule is CCOC(CNC(=N)Nc1cccc([N+](=O)[O-])c1)OCC. The lowest BCUT2D eigenvalue weighted by Crippen LogP contribution is -2.38. The number of nitro groups is 1. The molecule has 21 heavy (non-hydrogen) atoms. The standard InChI is InChI=1S/C13H20N4O4/c1-3-20-12(21-4-2)9-15-13(14)16-10-6-5-7-11(8-10)17(18)19/h5-8,12H,3-4,9H2,1-2H3,(H3,14,15,16). The number of nitrogens with zero attached hydrogens (tertiary/aromatic N) is 1. The summed E-state index contributed by atoms with van der Waals surface area (Å²) in [5.41, 5.74) is 0.431. The molecule has 0 spiro atoms. The molecule has 1 aromatic carbocycles. The Bertz CT molecular complexity index is 475. The molecule has 0 amide bonds. The summed E-state index contributed by atoms with van der Waals surface area (Å²) < 4.78 is 10.7. The fourth-order valence-electron chi connectivity index (χ4n) is 1.61. The lowest BCUT2D eigenvalue weighted by atomic mass is 10.3. The number of hydrogen-bond donors (Lipinski definition) is 3. The monoisotopic (exact) mass is 296 g/mol. The van der Waals surface area contributed by atoms with Gasteiger partial charge < -0.3 is 20.1 Å². The highest BCUT2D eigenvalue weighted by molar-refractivity contribution is 5.91. The summed E-state index contributed by atoms with van der Waals surface area (Å²) in [4.78, 5) is 10.2. The Morgan fingerprint density at radius 1 is 1.38 bits per heavy atom. The lowest BCUT2D eigenvalue weighted by molar-refractivity contribution is -0.384. The zero-order valence-electron chi connectivity index (χ0n) is 12.1. The van der Waals surface area contributed by atoms with Crippen molar-refractivity contribution in [1.29, 1.82) is 5.41 Å². The fourth-order valence-corrected chi connectivity index (χ4v) is 1.61. The van der Waals surface area contributed by atoms with E-state index in [2.05, 4.69) is 10.6 Å². The first-order chi connectivity index (χ1) is 10.1. The highest BCUT2D eigenvalue weighted by Gasteiger charge is 2.10. The summed E-state index contributed by atoms with van der Waals surface area (Å²) in [5.74, 6) is 0.0138. The van der Waals surface area contributed by atoms with Crippen LogP contribution in [0.1, 0.15) is 13.8 Å². The van der Waals surface area contributed by atoms with E-state index in [0.717, 1.165) is 0 Å². The minimum atomic E-state index is -0.484. The van der Waals surface area contributed by atoms with Gasteiger partial charge in [-0.05, 0) is 19.9 Å². The second-order valence-electron chi connectivity index (χ2n) is 4.03. The van der Waals surface area contributed by atoms with Crippen LogP contribution in [0.3, 0.4) is 0 Å². The van der Waals surface area contributed by atoms with E-state index in [4.69, 9.17) is 14.9 Å². The number of guanidine groups is 1. The van der Waals surface area contributed by atoms with Crippen LogP contribution in [0.4, 0.5) is 11.4 Å². The van der Waals surface area contributed by atoms with Gasteiger partial charge in [-0.25, -0.2) is 0 Å². The Morgan fingerprint density at radius 2 is 2.05 bits per heavy atom. The highest BCUT2D eigenvalue weighted by Crippen LogP contribution is 2.16. The first kappa shape index (κ1) is 16.9. The molecule has 0 saturated carbocycles. The molecule has 3 N–H and O–H groups in total. The molecule has 0 saturated heterocycles. The molecular formula is C13H20N4O4. The van der Waals surface area contributed by atoms with Crippen LogP contribution < -0.4 is 10.6 Å². The summed E-state index contributed by atoms with van der Waals surface area (Å²) >= 11 is 0. The van der Waals surface area contributed by atoms with E-state index in [1.54, 1.807) is 12.1 Å². The molecule has 0 aliphatic heterocycles. The summed E-state index contributed by atoms with van der Waals surface area (Å²) in [5, 5.41) is 24.0. The maximum Gasteiger partial charge on any atom is 0.271 e. The van der Waals surface area contributed by atoms with Crippen molar-refractivity contribution in [3.8, 4) is 0 Å². The number of anilines is 1. The predicted molar refractivity (Wildman–Crippen MR) is 79.5 cm³/mol. The third-order valence-corrected chi connectivity index (χ3v) is 2.48. The van der Waals surface area contributed by atoms with Crippen molar-refractivity contribution >= 4 is 17.3 Å². The molecule has 8 heteroatoms. The molecule has 0 heterocycles. The van der Waals surface area contributed by atoms with Crippen LogP contribution in [0.25, 0.3) is 0 Å². The average molecular weight is 296 g/mol. The van der Waals surface area contributed by atoms with Gasteiger partial charge in [0, 0.05) is 31.0 Å². The summed E-state index contributed by atoms with van der Waals surface area (Å²) in [6, 6.07) is 5.95. The van der Waals surface area contributed by atoms with Crippen molar-refractivity contribution in [2.75, 3.05) is 25.1 Å². The minimum absolute atomic E-state index is 0.0138. The third-order valence-electron chi connectivity index (χ3n) is 2.48. The Morgan fingerprint density at radius 3 is 2.62 bits per heavy atom. The van der Waals surface area contributed by atoms with E-state index in [0.29, 0.717) is 25.4 Å². The second-order valence-corrected chi connectivity index (χ2v) is 4.03. The Balaban J connectivity index is 2.49. The number of rotatable bonds is 8. The zero-order valence-corrected chi connectivity index (χ0v) is 12.1. The number of benzene rings is 1. The first-order valence-electron chi connectivity index (χ1n) is 6.63. The summed E-state index contributed by atoms with van der Waals surface area (Å²) in [6.45, 7) is 5.05. The maximum absolute atomic E-state index is 10.7. The normalized spacial score (nSPS) is 10.4. The molecule has 116 valence electrons. The van der Waals surface area contributed by atoms with Crippen molar-refractivity contribution in [3.05, 3.63) is 34.4 Å². The zero-order chi connectivity index (χ0) is 15.7. The summed E-state index contributed by atoms with van der Waals surface area (Å²) in [7, 11) is 0. The van der Waals surface area contributed by atoms with E-state index in [1.807, 2.05) is 13.8 Å². The van der Waals surface area contributed by atoms with E-state index in [-0.39, 0.29) is 11.6 Å². The molecule has 1 aromatic rings. The molecular weight excluding hydrogens is 276 g/mol. The van der Waals surface area contributed by atoms with Crippen LogP contribution in [0.2, 0.25) is 0 Å². The highest BCUT2D eigenvalue weighted by atomic mass is 16.7. The molecule has 8 nitrogen and oxygen atoms in total. The molecule has 0 radical (unpaired) electrons. The molecule has 0 unspecified atom stereocenters. The van der Waals surface area contributed by atoms with Crippen LogP contribution in [-0.4, -0.2) is 36.9 Å². The third kappa shape index (κ3) is 6.19. The van der Waals surface area contributed by atoms with Crippen LogP contribution in [0.15, 0.2) is 24.3 Å². The predicted octanol–water partition coefficient (Wildman–Crippen LogP) is 1.93. The van der Waals surface area contributed by atoms with Crippen molar-refractivity contribution in [2.24, 2.45) is 0 Å². The maximum atomic E-state index is 10.7. The van der Waals surface area contributed by atoms with E-state index < -0.39 is 11.2 Å². The van der Waals surface area contributed by atoms with Crippen LogP contribution in [-0.2, 0) is 9.47 Å². The van der Waals surface area contributed by atoms with Gasteiger partial charge in [-0.15, -0.1) is 0 Å². The minimum Gasteiger partial charge on any atom is -0.351 e. The molecule has 0 aliphatic carbocycles. The number of ether oxygens (including phenoxy) is 2. The van der Waals surface area contributed by atoms with Crippen LogP contribution in [0.5, 0.6) is 0 Å².